The Morgan fingerprint density at radius 3 is 2.24 bits per heavy atom. The van der Waals surface area contributed by atoms with Crippen molar-refractivity contribution in [1.82, 2.24) is 10.2 Å². The third-order valence-corrected chi connectivity index (χ3v) is 8.60. The zero-order valence-electron chi connectivity index (χ0n) is 26.0. The molecule has 1 fully saturated rings. The van der Waals surface area contributed by atoms with Crippen LogP contribution in [0.4, 0.5) is 10.5 Å². The minimum Gasteiger partial charge on any atom is -0.392 e. The molecule has 8 heteroatoms. The second kappa shape index (κ2) is 15.3. The van der Waals surface area contributed by atoms with Gasteiger partial charge in [0.15, 0.2) is 6.29 Å². The summed E-state index contributed by atoms with van der Waals surface area (Å²) < 4.78 is 13.3. The maximum atomic E-state index is 12.7. The number of carbonyl (C=O) groups excluding carboxylic acids is 1. The molecule has 2 amide bonds. The maximum absolute atomic E-state index is 12.7. The van der Waals surface area contributed by atoms with Gasteiger partial charge in [-0.05, 0) is 48.4 Å². The third kappa shape index (κ3) is 8.36. The minimum atomic E-state index is -0.689. The number of anilines is 1. The lowest BCUT2D eigenvalue weighted by Gasteiger charge is -2.43. The van der Waals surface area contributed by atoms with Crippen LogP contribution >= 0.6 is 0 Å². The lowest BCUT2D eigenvalue weighted by molar-refractivity contribution is -0.276. The zero-order valence-corrected chi connectivity index (χ0v) is 26.0. The van der Waals surface area contributed by atoms with Crippen LogP contribution in [0.25, 0.3) is 0 Å². The van der Waals surface area contributed by atoms with Gasteiger partial charge in [0.25, 0.3) is 0 Å². The number of amides is 2. The van der Waals surface area contributed by atoms with Gasteiger partial charge in [-0.15, -0.1) is 0 Å². The Morgan fingerprint density at radius 1 is 0.867 bits per heavy atom. The van der Waals surface area contributed by atoms with Gasteiger partial charge in [0.1, 0.15) is 0 Å². The predicted molar refractivity (Wildman–Crippen MR) is 175 cm³/mol. The second-order valence-corrected chi connectivity index (χ2v) is 11.8. The normalized spacial score (nSPS) is 21.2. The summed E-state index contributed by atoms with van der Waals surface area (Å²) >= 11 is 0. The van der Waals surface area contributed by atoms with Crippen molar-refractivity contribution < 1.29 is 24.5 Å². The van der Waals surface area contributed by atoms with Crippen molar-refractivity contribution >= 4 is 11.7 Å². The average Bonchev–Trinajstić information content (AvgIpc) is 3.08. The fraction of sp³-hybridized carbons (Fsp3) is 0.324. The smallest absolute Gasteiger partial charge is 0.319 e. The van der Waals surface area contributed by atoms with Crippen LogP contribution in [0, 0.1) is 5.92 Å². The van der Waals surface area contributed by atoms with Crippen molar-refractivity contribution in [3.63, 3.8) is 0 Å². The van der Waals surface area contributed by atoms with E-state index in [4.69, 9.17) is 9.47 Å². The first-order valence-electron chi connectivity index (χ1n) is 15.4. The molecule has 0 radical (unpaired) electrons. The van der Waals surface area contributed by atoms with Crippen LogP contribution < -0.4 is 10.6 Å². The van der Waals surface area contributed by atoms with Gasteiger partial charge in [-0.25, -0.2) is 4.79 Å². The Balaban J connectivity index is 1.33. The van der Waals surface area contributed by atoms with Crippen LogP contribution in [0.2, 0.25) is 0 Å². The Bertz CT molecular complexity index is 1500. The average molecular weight is 610 g/mol. The number of benzene rings is 4. The predicted octanol–water partition coefficient (Wildman–Crippen LogP) is 6.35. The Kier molecular flexibility index (Phi) is 11.0. The number of aliphatic hydroxyl groups excluding tert-OH is 2. The number of urea groups is 1. The highest BCUT2D eigenvalue weighted by Gasteiger charge is 2.39. The second-order valence-electron chi connectivity index (χ2n) is 11.8. The molecule has 45 heavy (non-hydrogen) atoms. The Morgan fingerprint density at radius 2 is 1.56 bits per heavy atom. The van der Waals surface area contributed by atoms with Crippen molar-refractivity contribution in [1.29, 1.82) is 0 Å². The van der Waals surface area contributed by atoms with Gasteiger partial charge in [0, 0.05) is 36.3 Å². The SMILES string of the molecule is C[C@@H]1[C@H](CN(C)[C@H](C)[C@@H](O)c2ccccc2)O[C@H](c2cccc(NC(=O)NCc3ccccc3)c2)O[C@@H]1c1ccc(CO)cc1. The number of hydrogen-bond donors (Lipinski definition) is 4. The minimum absolute atomic E-state index is 0.0187. The number of likely N-dealkylation sites (N-methyl/N-ethyl adjacent to an activating group) is 1. The third-order valence-electron chi connectivity index (χ3n) is 8.60. The van der Waals surface area contributed by atoms with E-state index in [1.807, 2.05) is 123 Å². The van der Waals surface area contributed by atoms with E-state index in [2.05, 4.69) is 22.5 Å². The molecular formula is C37H43N3O5. The number of rotatable bonds is 11. The van der Waals surface area contributed by atoms with E-state index < -0.39 is 12.4 Å². The lowest BCUT2D eigenvalue weighted by atomic mass is 9.89. The highest BCUT2D eigenvalue weighted by molar-refractivity contribution is 5.89. The van der Waals surface area contributed by atoms with E-state index in [0.717, 1.165) is 27.8 Å². The summed E-state index contributed by atoms with van der Waals surface area (Å²) in [6.45, 7) is 5.09. The lowest BCUT2D eigenvalue weighted by Crippen LogP contribution is -2.46. The number of carbonyl (C=O) groups is 1. The van der Waals surface area contributed by atoms with Crippen LogP contribution in [-0.2, 0) is 22.6 Å². The first-order chi connectivity index (χ1) is 21.8. The van der Waals surface area contributed by atoms with Gasteiger partial charge in [-0.2, -0.15) is 0 Å². The number of aliphatic hydroxyl groups is 2. The van der Waals surface area contributed by atoms with Crippen molar-refractivity contribution in [3.05, 3.63) is 137 Å². The quantitative estimate of drug-likeness (QED) is 0.158. The monoisotopic (exact) mass is 609 g/mol. The molecule has 0 unspecified atom stereocenters. The van der Waals surface area contributed by atoms with Gasteiger partial charge in [0.2, 0.25) is 0 Å². The van der Waals surface area contributed by atoms with E-state index in [0.29, 0.717) is 18.8 Å². The summed E-state index contributed by atoms with van der Waals surface area (Å²) in [5.74, 6) is -0.0187. The molecule has 1 aliphatic rings. The van der Waals surface area contributed by atoms with Crippen molar-refractivity contribution in [2.24, 2.45) is 5.92 Å². The molecule has 4 N–H and O–H groups in total. The number of hydrogen-bond acceptors (Lipinski definition) is 6. The van der Waals surface area contributed by atoms with E-state index in [9.17, 15) is 15.0 Å². The molecule has 1 aliphatic heterocycles. The van der Waals surface area contributed by atoms with Crippen LogP contribution in [-0.4, -0.2) is 46.9 Å². The van der Waals surface area contributed by atoms with E-state index >= 15 is 0 Å². The number of ether oxygens (including phenoxy) is 2. The molecule has 1 saturated heterocycles. The van der Waals surface area contributed by atoms with Crippen molar-refractivity contribution in [2.45, 2.75) is 57.6 Å². The summed E-state index contributed by atoms with van der Waals surface area (Å²) in [7, 11) is 2.00. The molecule has 4 aromatic rings. The molecule has 4 aromatic carbocycles. The molecule has 0 spiro atoms. The molecule has 236 valence electrons. The Hall–Kier alpha value is -4.05. The number of nitrogens with one attached hydrogen (secondary N) is 2. The topological polar surface area (TPSA) is 103 Å². The summed E-state index contributed by atoms with van der Waals surface area (Å²) in [5, 5.41) is 26.5. The maximum Gasteiger partial charge on any atom is 0.319 e. The molecule has 0 bridgehead atoms. The van der Waals surface area contributed by atoms with Gasteiger partial charge in [-0.3, -0.25) is 4.90 Å². The fourth-order valence-electron chi connectivity index (χ4n) is 5.66. The molecule has 6 atom stereocenters. The molecule has 8 nitrogen and oxygen atoms in total. The summed E-state index contributed by atoms with van der Waals surface area (Å²) in [6, 6.07) is 34.3. The molecule has 0 aromatic heterocycles. The molecule has 1 heterocycles. The molecule has 5 rings (SSSR count). The van der Waals surface area contributed by atoms with Crippen molar-refractivity contribution in [3.8, 4) is 0 Å². The van der Waals surface area contributed by atoms with Crippen LogP contribution in [0.5, 0.6) is 0 Å². The highest BCUT2D eigenvalue weighted by atomic mass is 16.7. The van der Waals surface area contributed by atoms with Crippen molar-refractivity contribution in [2.75, 3.05) is 18.9 Å². The molecule has 0 saturated carbocycles. The highest BCUT2D eigenvalue weighted by Crippen LogP contribution is 2.42. The molecular weight excluding hydrogens is 566 g/mol. The summed E-state index contributed by atoms with van der Waals surface area (Å²) in [5.41, 5.74) is 5.12. The van der Waals surface area contributed by atoms with Gasteiger partial charge in [-0.1, -0.05) is 104 Å². The molecule has 0 aliphatic carbocycles. The largest absolute Gasteiger partial charge is 0.392 e. The van der Waals surface area contributed by atoms with Gasteiger partial charge >= 0.3 is 6.03 Å². The first kappa shape index (κ1) is 32.3. The fourth-order valence-corrected chi connectivity index (χ4v) is 5.66. The van der Waals surface area contributed by atoms with E-state index in [1.165, 1.54) is 0 Å². The van der Waals surface area contributed by atoms with Crippen LogP contribution in [0.1, 0.15) is 60.2 Å². The number of nitrogens with zero attached hydrogens (tertiary/aromatic N) is 1. The zero-order chi connectivity index (χ0) is 31.8. The van der Waals surface area contributed by atoms with E-state index in [-0.39, 0.29) is 36.8 Å². The van der Waals surface area contributed by atoms with Crippen LogP contribution in [0.15, 0.2) is 109 Å². The standard InChI is InChI=1S/C37H43N3O5/c1-25-33(23-40(3)26(2)34(42)29-13-8-5-9-14-29)44-36(45-35(25)30-19-17-28(24-41)18-20-30)31-15-10-16-32(21-31)39-37(43)38-22-27-11-6-4-7-12-27/h4-21,25-26,33-36,41-42H,22-24H2,1-3H3,(H2,38,39,43)/t25-,26-,33+,34-,35+,36+/m1/s1. The van der Waals surface area contributed by atoms with Crippen LogP contribution in [0.3, 0.4) is 0 Å². The summed E-state index contributed by atoms with van der Waals surface area (Å²) in [4.78, 5) is 14.8. The van der Waals surface area contributed by atoms with E-state index in [1.54, 1.807) is 0 Å². The van der Waals surface area contributed by atoms with Gasteiger partial charge in [0.05, 0.1) is 24.9 Å². The first-order valence-corrected chi connectivity index (χ1v) is 15.4. The van der Waals surface area contributed by atoms with Gasteiger partial charge < -0.3 is 30.3 Å². The summed E-state index contributed by atoms with van der Waals surface area (Å²) in [6.07, 6.45) is -1.85. The Labute approximate surface area is 265 Å².